The molecule has 1 aromatic heterocycles. The van der Waals surface area contributed by atoms with Crippen LogP contribution in [0.4, 0.5) is 5.82 Å². The van der Waals surface area contributed by atoms with Gasteiger partial charge in [-0.05, 0) is 28.5 Å². The van der Waals surface area contributed by atoms with Gasteiger partial charge >= 0.3 is 5.97 Å². The van der Waals surface area contributed by atoms with E-state index in [9.17, 15) is 9.90 Å². The normalized spacial score (nSPS) is 16.2. The number of pyridine rings is 1. The highest BCUT2D eigenvalue weighted by Crippen LogP contribution is 2.33. The summed E-state index contributed by atoms with van der Waals surface area (Å²) in [4.78, 5) is 20.7. The van der Waals surface area contributed by atoms with Crippen molar-refractivity contribution in [3.63, 3.8) is 0 Å². The van der Waals surface area contributed by atoms with E-state index < -0.39 is 5.97 Å². The maximum atomic E-state index is 11.5. The summed E-state index contributed by atoms with van der Waals surface area (Å²) < 4.78 is 0.719. The first kappa shape index (κ1) is 15.2. The first-order valence-electron chi connectivity index (χ1n) is 7.39. The number of aromatic carboxylic acids is 1. The molecule has 0 saturated carbocycles. The molecule has 1 N–H and O–H groups in total. The lowest BCUT2D eigenvalue weighted by Crippen LogP contribution is -2.46. The van der Waals surface area contributed by atoms with Gasteiger partial charge in [-0.15, -0.1) is 0 Å². The zero-order chi connectivity index (χ0) is 15.7. The number of carbonyl (C=O) groups is 1. The van der Waals surface area contributed by atoms with Crippen molar-refractivity contribution in [1.29, 1.82) is 0 Å². The summed E-state index contributed by atoms with van der Waals surface area (Å²) in [5.41, 5.74) is 0.306. The molecule has 22 heavy (non-hydrogen) atoms. The van der Waals surface area contributed by atoms with Gasteiger partial charge in [-0.25, -0.2) is 9.78 Å². The quantitative estimate of drug-likeness (QED) is 0.908. The second kappa shape index (κ2) is 6.22. The minimum Gasteiger partial charge on any atom is -0.478 e. The number of halogens is 1. The Morgan fingerprint density at radius 3 is 2.68 bits per heavy atom. The summed E-state index contributed by atoms with van der Waals surface area (Å²) in [5, 5.41) is 11.0. The highest BCUT2D eigenvalue weighted by molar-refractivity contribution is 9.10. The van der Waals surface area contributed by atoms with Crippen molar-refractivity contribution < 1.29 is 9.90 Å². The number of likely N-dealkylation sites (N-methyl/N-ethyl adjacent to an activating group) is 1. The molecule has 1 aromatic carbocycles. The van der Waals surface area contributed by atoms with Crippen molar-refractivity contribution >= 4 is 38.5 Å². The number of carboxylic acids is 1. The van der Waals surface area contributed by atoms with Gasteiger partial charge in [-0.1, -0.05) is 19.1 Å². The second-order valence-corrected chi connectivity index (χ2v) is 6.24. The minimum atomic E-state index is -0.917. The van der Waals surface area contributed by atoms with Crippen molar-refractivity contribution in [1.82, 2.24) is 9.88 Å². The van der Waals surface area contributed by atoms with Gasteiger partial charge in [-0.2, -0.15) is 0 Å². The third-order valence-corrected chi connectivity index (χ3v) is 4.80. The van der Waals surface area contributed by atoms with Crippen molar-refractivity contribution in [2.24, 2.45) is 0 Å². The average Bonchev–Trinajstić information content (AvgIpc) is 2.55. The standard InChI is InChI=1S/C16H18BrN3O2/c1-2-19-6-8-20(9-7-19)15-11-4-3-5-12(16(21)22)14(11)13(17)10-18-15/h3-5,10H,2,6-9H2,1H3,(H,21,22). The predicted octanol–water partition coefficient (Wildman–Crippen LogP) is 2.84. The van der Waals surface area contributed by atoms with E-state index in [1.807, 2.05) is 6.07 Å². The van der Waals surface area contributed by atoms with E-state index in [1.54, 1.807) is 18.3 Å². The number of hydrogen-bond donors (Lipinski definition) is 1. The van der Waals surface area contributed by atoms with Crippen molar-refractivity contribution in [3.8, 4) is 0 Å². The van der Waals surface area contributed by atoms with Gasteiger partial charge < -0.3 is 14.9 Å². The lowest BCUT2D eigenvalue weighted by atomic mass is 10.1. The molecular weight excluding hydrogens is 346 g/mol. The molecule has 5 nitrogen and oxygen atoms in total. The second-order valence-electron chi connectivity index (χ2n) is 5.38. The monoisotopic (exact) mass is 363 g/mol. The molecule has 1 saturated heterocycles. The Kier molecular flexibility index (Phi) is 4.31. The number of hydrogen-bond acceptors (Lipinski definition) is 4. The first-order chi connectivity index (χ1) is 10.6. The highest BCUT2D eigenvalue weighted by atomic mass is 79.9. The van der Waals surface area contributed by atoms with Crippen LogP contribution in [0, 0.1) is 0 Å². The molecule has 0 bridgehead atoms. The predicted molar refractivity (Wildman–Crippen MR) is 90.7 cm³/mol. The lowest BCUT2D eigenvalue weighted by molar-refractivity contribution is 0.0699. The third kappa shape index (κ3) is 2.68. The topological polar surface area (TPSA) is 56.7 Å². The largest absolute Gasteiger partial charge is 0.478 e. The van der Waals surface area contributed by atoms with Crippen LogP contribution < -0.4 is 4.90 Å². The molecule has 1 aliphatic heterocycles. The summed E-state index contributed by atoms with van der Waals surface area (Å²) in [5.74, 6) is -0.0451. The molecule has 1 aliphatic rings. The Labute approximate surface area is 137 Å². The van der Waals surface area contributed by atoms with Crippen molar-refractivity contribution in [2.45, 2.75) is 6.92 Å². The molecule has 116 valence electrons. The summed E-state index contributed by atoms with van der Waals surface area (Å²) >= 11 is 3.44. The molecular formula is C16H18BrN3O2. The van der Waals surface area contributed by atoms with Crippen molar-refractivity contribution in [2.75, 3.05) is 37.6 Å². The minimum absolute atomic E-state index is 0.306. The summed E-state index contributed by atoms with van der Waals surface area (Å²) in [6.45, 7) is 7.07. The van der Waals surface area contributed by atoms with Crippen molar-refractivity contribution in [3.05, 3.63) is 34.4 Å². The van der Waals surface area contributed by atoms with Crippen LogP contribution in [0.3, 0.4) is 0 Å². The van der Waals surface area contributed by atoms with Gasteiger partial charge in [0.2, 0.25) is 0 Å². The van der Waals surface area contributed by atoms with Crippen LogP contribution in [0.2, 0.25) is 0 Å². The van der Waals surface area contributed by atoms with Crippen LogP contribution in [-0.2, 0) is 0 Å². The average molecular weight is 364 g/mol. The zero-order valence-corrected chi connectivity index (χ0v) is 14.0. The zero-order valence-electron chi connectivity index (χ0n) is 12.4. The smallest absolute Gasteiger partial charge is 0.336 e. The van der Waals surface area contributed by atoms with Gasteiger partial charge in [0.25, 0.3) is 0 Å². The summed E-state index contributed by atoms with van der Waals surface area (Å²) in [7, 11) is 0. The Bertz CT molecular complexity index is 712. The van der Waals surface area contributed by atoms with E-state index >= 15 is 0 Å². The van der Waals surface area contributed by atoms with Crippen LogP contribution in [0.1, 0.15) is 17.3 Å². The van der Waals surface area contributed by atoms with Gasteiger partial charge in [0.05, 0.1) is 5.56 Å². The molecule has 0 aliphatic carbocycles. The van der Waals surface area contributed by atoms with E-state index in [2.05, 4.69) is 37.6 Å². The number of piperazine rings is 1. The number of benzene rings is 1. The van der Waals surface area contributed by atoms with E-state index in [4.69, 9.17) is 0 Å². The lowest BCUT2D eigenvalue weighted by Gasteiger charge is -2.35. The van der Waals surface area contributed by atoms with Crippen LogP contribution in [0.15, 0.2) is 28.9 Å². The van der Waals surface area contributed by atoms with Gasteiger partial charge in [0, 0.05) is 47.6 Å². The third-order valence-electron chi connectivity index (χ3n) is 4.19. The fourth-order valence-corrected chi connectivity index (χ4v) is 3.48. The Balaban J connectivity index is 2.06. The number of aromatic nitrogens is 1. The van der Waals surface area contributed by atoms with E-state index in [0.717, 1.165) is 53.8 Å². The molecule has 1 fully saturated rings. The van der Waals surface area contributed by atoms with Crippen LogP contribution >= 0.6 is 15.9 Å². The van der Waals surface area contributed by atoms with Crippen LogP contribution in [0.5, 0.6) is 0 Å². The molecule has 0 radical (unpaired) electrons. The number of anilines is 1. The molecule has 0 spiro atoms. The number of fused-ring (bicyclic) bond motifs is 1. The Morgan fingerprint density at radius 1 is 1.32 bits per heavy atom. The summed E-state index contributed by atoms with van der Waals surface area (Å²) in [6.07, 6.45) is 1.70. The van der Waals surface area contributed by atoms with E-state index in [-0.39, 0.29) is 0 Å². The molecule has 2 aromatic rings. The van der Waals surface area contributed by atoms with Gasteiger partial charge in [-0.3, -0.25) is 0 Å². The number of carboxylic acid groups (broad SMARTS) is 1. The van der Waals surface area contributed by atoms with Gasteiger partial charge in [0.15, 0.2) is 0 Å². The van der Waals surface area contributed by atoms with Gasteiger partial charge in [0.1, 0.15) is 5.82 Å². The molecule has 0 atom stereocenters. The molecule has 3 rings (SSSR count). The maximum absolute atomic E-state index is 11.5. The van der Waals surface area contributed by atoms with Crippen LogP contribution in [-0.4, -0.2) is 53.7 Å². The fourth-order valence-electron chi connectivity index (χ4n) is 2.95. The number of rotatable bonds is 3. The Morgan fingerprint density at radius 2 is 2.05 bits per heavy atom. The number of nitrogens with zero attached hydrogens (tertiary/aromatic N) is 3. The van der Waals surface area contributed by atoms with E-state index in [0.29, 0.717) is 5.56 Å². The summed E-state index contributed by atoms with van der Waals surface area (Å²) in [6, 6.07) is 5.36. The molecule has 0 unspecified atom stereocenters. The molecule has 0 amide bonds. The first-order valence-corrected chi connectivity index (χ1v) is 8.19. The molecule has 6 heteroatoms. The maximum Gasteiger partial charge on any atom is 0.336 e. The molecule has 2 heterocycles. The SMILES string of the molecule is CCN1CCN(c2ncc(Br)c3c(C(=O)O)cccc23)CC1. The van der Waals surface area contributed by atoms with E-state index in [1.165, 1.54) is 0 Å². The Hall–Kier alpha value is -1.66. The highest BCUT2D eigenvalue weighted by Gasteiger charge is 2.21. The fraction of sp³-hybridized carbons (Fsp3) is 0.375. The van der Waals surface area contributed by atoms with Crippen LogP contribution in [0.25, 0.3) is 10.8 Å².